The van der Waals surface area contributed by atoms with Crippen LogP contribution in [0.4, 0.5) is 0 Å². The lowest BCUT2D eigenvalue weighted by Crippen LogP contribution is -2.47. The summed E-state index contributed by atoms with van der Waals surface area (Å²) in [4.78, 5) is 22.5. The summed E-state index contributed by atoms with van der Waals surface area (Å²) in [5, 5.41) is 14.5. The second-order valence-electron chi connectivity index (χ2n) is 3.86. The van der Waals surface area contributed by atoms with E-state index in [9.17, 15) is 14.7 Å². The van der Waals surface area contributed by atoms with Crippen LogP contribution in [-0.4, -0.2) is 61.3 Å². The Morgan fingerprint density at radius 1 is 1.35 bits per heavy atom. The van der Waals surface area contributed by atoms with Gasteiger partial charge in [-0.25, -0.2) is 0 Å². The topological polar surface area (TPSA) is 87.7 Å². The van der Waals surface area contributed by atoms with Gasteiger partial charge in [0.1, 0.15) is 0 Å². The Balaban J connectivity index is 3.88. The molecule has 3 N–H and O–H groups in total. The Bertz CT molecular complexity index is 259. The van der Waals surface area contributed by atoms with E-state index in [4.69, 9.17) is 4.74 Å². The van der Waals surface area contributed by atoms with Crippen LogP contribution in [0.5, 0.6) is 0 Å². The van der Waals surface area contributed by atoms with E-state index >= 15 is 0 Å². The van der Waals surface area contributed by atoms with Gasteiger partial charge in [0.2, 0.25) is 0 Å². The predicted octanol–water partition coefficient (Wildman–Crippen LogP) is -1.02. The molecule has 0 radical (unpaired) electrons. The number of aliphatic hydroxyl groups is 1. The molecule has 7 heteroatoms. The van der Waals surface area contributed by atoms with Gasteiger partial charge in [0.25, 0.3) is 0 Å². The Kier molecular flexibility index (Phi) is 7.94. The lowest BCUT2D eigenvalue weighted by Gasteiger charge is -2.22. The summed E-state index contributed by atoms with van der Waals surface area (Å²) in [5.74, 6) is -0.983. The van der Waals surface area contributed by atoms with Gasteiger partial charge in [0.05, 0.1) is 12.2 Å². The summed E-state index contributed by atoms with van der Waals surface area (Å²) in [6.45, 7) is 2.28. The molecule has 2 amide bonds. The molecule has 0 heterocycles. The highest BCUT2D eigenvalue weighted by atomic mass is 32.2. The number of carbonyl (C=O) groups is 2. The maximum atomic E-state index is 11.3. The number of hydrogen-bond donors (Lipinski definition) is 3. The second kappa shape index (κ2) is 8.32. The van der Waals surface area contributed by atoms with E-state index in [1.165, 1.54) is 18.9 Å². The van der Waals surface area contributed by atoms with Crippen molar-refractivity contribution in [2.24, 2.45) is 0 Å². The number of rotatable bonds is 7. The minimum absolute atomic E-state index is 0.0460. The number of hydrogen-bond acceptors (Lipinski definition) is 5. The smallest absolute Gasteiger partial charge is 0.309 e. The van der Waals surface area contributed by atoms with Crippen LogP contribution in [0, 0.1) is 0 Å². The van der Waals surface area contributed by atoms with Crippen molar-refractivity contribution in [3.8, 4) is 0 Å². The summed E-state index contributed by atoms with van der Waals surface area (Å²) in [5.41, 5.74) is -1.01. The SMILES string of the molecule is COCCNC(=O)C(=O)NC[C@](C)(O)CSC. The normalized spacial score (nSPS) is 13.9. The van der Waals surface area contributed by atoms with Crippen LogP contribution in [0.15, 0.2) is 0 Å². The lowest BCUT2D eigenvalue weighted by atomic mass is 10.1. The van der Waals surface area contributed by atoms with Crippen molar-refractivity contribution in [3.63, 3.8) is 0 Å². The number of methoxy groups -OCH3 is 1. The summed E-state index contributed by atoms with van der Waals surface area (Å²) < 4.78 is 4.73. The van der Waals surface area contributed by atoms with Gasteiger partial charge >= 0.3 is 11.8 Å². The first-order valence-electron chi connectivity index (χ1n) is 5.19. The van der Waals surface area contributed by atoms with E-state index in [0.717, 1.165) is 0 Å². The van der Waals surface area contributed by atoms with E-state index in [1.54, 1.807) is 6.92 Å². The standard InChI is InChI=1S/C10H20N2O4S/c1-10(15,7-17-3)6-12-9(14)8(13)11-4-5-16-2/h15H,4-7H2,1-3H3,(H,11,13)(H,12,14)/t10-/m0/s1. The number of nitrogens with one attached hydrogen (secondary N) is 2. The number of thioether (sulfide) groups is 1. The Labute approximate surface area is 105 Å². The molecular weight excluding hydrogens is 244 g/mol. The molecule has 0 aromatic carbocycles. The first-order chi connectivity index (χ1) is 7.93. The third-order valence-electron chi connectivity index (χ3n) is 1.88. The minimum atomic E-state index is -1.01. The van der Waals surface area contributed by atoms with Gasteiger partial charge in [-0.05, 0) is 13.2 Å². The van der Waals surface area contributed by atoms with Crippen LogP contribution in [-0.2, 0) is 14.3 Å². The molecule has 0 unspecified atom stereocenters. The molecule has 17 heavy (non-hydrogen) atoms. The zero-order chi connectivity index (χ0) is 13.3. The number of ether oxygens (including phenoxy) is 1. The van der Waals surface area contributed by atoms with E-state index in [-0.39, 0.29) is 13.1 Å². The van der Waals surface area contributed by atoms with Gasteiger partial charge in [-0.15, -0.1) is 0 Å². The van der Waals surface area contributed by atoms with E-state index in [0.29, 0.717) is 12.4 Å². The Morgan fingerprint density at radius 2 is 1.94 bits per heavy atom. The van der Waals surface area contributed by atoms with Crippen molar-refractivity contribution in [2.45, 2.75) is 12.5 Å². The van der Waals surface area contributed by atoms with E-state index in [2.05, 4.69) is 10.6 Å². The largest absolute Gasteiger partial charge is 0.387 e. The van der Waals surface area contributed by atoms with Crippen molar-refractivity contribution in [3.05, 3.63) is 0 Å². The third-order valence-corrected chi connectivity index (χ3v) is 2.79. The number of amides is 2. The minimum Gasteiger partial charge on any atom is -0.387 e. The lowest BCUT2D eigenvalue weighted by molar-refractivity contribution is -0.139. The maximum Gasteiger partial charge on any atom is 0.309 e. The van der Waals surface area contributed by atoms with Gasteiger partial charge in [0, 0.05) is 26.0 Å². The highest BCUT2D eigenvalue weighted by molar-refractivity contribution is 7.98. The molecule has 0 aliphatic carbocycles. The summed E-state index contributed by atoms with van der Waals surface area (Å²) in [6, 6.07) is 0. The molecule has 0 saturated heterocycles. The fraction of sp³-hybridized carbons (Fsp3) is 0.800. The van der Waals surface area contributed by atoms with Gasteiger partial charge in [-0.2, -0.15) is 11.8 Å². The van der Waals surface area contributed by atoms with Gasteiger partial charge in [0.15, 0.2) is 0 Å². The molecule has 0 bridgehead atoms. The second-order valence-corrected chi connectivity index (χ2v) is 4.73. The molecule has 0 aliphatic heterocycles. The molecular formula is C10H20N2O4S. The van der Waals surface area contributed by atoms with Gasteiger partial charge in [-0.1, -0.05) is 0 Å². The molecule has 0 rings (SSSR count). The van der Waals surface area contributed by atoms with Crippen molar-refractivity contribution >= 4 is 23.6 Å². The van der Waals surface area contributed by atoms with E-state index in [1.807, 2.05) is 6.26 Å². The highest BCUT2D eigenvalue weighted by Crippen LogP contribution is 2.08. The van der Waals surface area contributed by atoms with Crippen LogP contribution in [0.3, 0.4) is 0 Å². The summed E-state index contributed by atoms with van der Waals surface area (Å²) in [7, 11) is 1.51. The van der Waals surface area contributed by atoms with Crippen LogP contribution in [0.1, 0.15) is 6.92 Å². The van der Waals surface area contributed by atoms with Gasteiger partial charge in [-0.3, -0.25) is 9.59 Å². The van der Waals surface area contributed by atoms with E-state index < -0.39 is 17.4 Å². The first-order valence-corrected chi connectivity index (χ1v) is 6.58. The van der Waals surface area contributed by atoms with Crippen LogP contribution in [0.2, 0.25) is 0 Å². The Morgan fingerprint density at radius 3 is 2.47 bits per heavy atom. The van der Waals surface area contributed by atoms with Crippen molar-refractivity contribution in [1.29, 1.82) is 0 Å². The monoisotopic (exact) mass is 264 g/mol. The Hall–Kier alpha value is -0.790. The molecule has 0 spiro atoms. The number of carbonyl (C=O) groups excluding carboxylic acids is 2. The van der Waals surface area contributed by atoms with Crippen molar-refractivity contribution in [2.75, 3.05) is 38.8 Å². The zero-order valence-electron chi connectivity index (χ0n) is 10.4. The molecule has 0 fully saturated rings. The van der Waals surface area contributed by atoms with Gasteiger partial charge < -0.3 is 20.5 Å². The molecule has 0 aromatic rings. The third kappa shape index (κ3) is 8.00. The van der Waals surface area contributed by atoms with Crippen molar-refractivity contribution in [1.82, 2.24) is 10.6 Å². The van der Waals surface area contributed by atoms with Crippen molar-refractivity contribution < 1.29 is 19.4 Å². The summed E-state index contributed by atoms with van der Waals surface area (Å²) in [6.07, 6.45) is 1.85. The highest BCUT2D eigenvalue weighted by Gasteiger charge is 2.22. The quantitative estimate of drug-likeness (QED) is 0.405. The molecule has 100 valence electrons. The van der Waals surface area contributed by atoms with Crippen LogP contribution >= 0.6 is 11.8 Å². The summed E-state index contributed by atoms with van der Waals surface area (Å²) >= 11 is 1.47. The average molecular weight is 264 g/mol. The molecule has 1 atom stereocenters. The predicted molar refractivity (Wildman–Crippen MR) is 66.9 cm³/mol. The molecule has 6 nitrogen and oxygen atoms in total. The first kappa shape index (κ1) is 16.2. The fourth-order valence-electron chi connectivity index (χ4n) is 1.06. The fourth-order valence-corrected chi connectivity index (χ4v) is 1.78. The molecule has 0 saturated carbocycles. The zero-order valence-corrected chi connectivity index (χ0v) is 11.2. The molecule has 0 aliphatic rings. The average Bonchev–Trinajstić information content (AvgIpc) is 2.26. The van der Waals surface area contributed by atoms with Crippen LogP contribution < -0.4 is 10.6 Å². The molecule has 0 aromatic heterocycles. The maximum absolute atomic E-state index is 11.3. The van der Waals surface area contributed by atoms with Crippen LogP contribution in [0.25, 0.3) is 0 Å².